The maximum atomic E-state index is 14.0. The zero-order valence-corrected chi connectivity index (χ0v) is 16.0. The van der Waals surface area contributed by atoms with Crippen LogP contribution in [0.3, 0.4) is 0 Å². The number of methoxy groups -OCH3 is 2. The van der Waals surface area contributed by atoms with E-state index in [2.05, 4.69) is 10.4 Å². The maximum Gasteiger partial charge on any atom is 0.127 e. The van der Waals surface area contributed by atoms with Gasteiger partial charge in [-0.25, -0.2) is 9.07 Å². The Bertz CT molecular complexity index is 906. The summed E-state index contributed by atoms with van der Waals surface area (Å²) in [7, 11) is 3.22. The van der Waals surface area contributed by atoms with Gasteiger partial charge in [-0.1, -0.05) is 0 Å². The van der Waals surface area contributed by atoms with Crippen molar-refractivity contribution >= 4 is 0 Å². The third kappa shape index (κ3) is 4.11. The predicted molar refractivity (Wildman–Crippen MR) is 103 cm³/mol. The molecule has 0 amide bonds. The number of nitrogens with one attached hydrogen (secondary N) is 1. The summed E-state index contributed by atoms with van der Waals surface area (Å²) in [5.41, 5.74) is 3.63. The third-order valence-corrected chi connectivity index (χ3v) is 4.68. The Morgan fingerprint density at radius 1 is 1.07 bits per heavy atom. The molecule has 1 heterocycles. The second-order valence-electron chi connectivity index (χ2n) is 6.36. The largest absolute Gasteiger partial charge is 0.497 e. The molecule has 1 aromatic heterocycles. The van der Waals surface area contributed by atoms with Crippen LogP contribution in [0.15, 0.2) is 48.7 Å². The Balaban J connectivity index is 1.74. The number of nitrogens with zero attached hydrogens (tertiary/aromatic N) is 2. The number of benzene rings is 2. The van der Waals surface area contributed by atoms with E-state index in [1.54, 1.807) is 26.4 Å². The van der Waals surface area contributed by atoms with Crippen LogP contribution in [-0.4, -0.2) is 24.0 Å². The lowest BCUT2D eigenvalue weighted by Crippen LogP contribution is -2.19. The normalized spacial score (nSPS) is 12.0. The first kappa shape index (κ1) is 18.9. The van der Waals surface area contributed by atoms with Crippen molar-refractivity contribution in [3.63, 3.8) is 0 Å². The highest BCUT2D eigenvalue weighted by Gasteiger charge is 2.15. The molecule has 3 rings (SSSR count). The number of halogens is 1. The van der Waals surface area contributed by atoms with Gasteiger partial charge in [0.15, 0.2) is 0 Å². The summed E-state index contributed by atoms with van der Waals surface area (Å²) in [5.74, 6) is 1.20. The molecule has 0 aliphatic heterocycles. The van der Waals surface area contributed by atoms with E-state index in [4.69, 9.17) is 9.47 Å². The van der Waals surface area contributed by atoms with Crippen LogP contribution in [0.25, 0.3) is 5.69 Å². The van der Waals surface area contributed by atoms with Crippen molar-refractivity contribution in [2.24, 2.45) is 0 Å². The number of hydrogen-bond acceptors (Lipinski definition) is 4. The predicted octanol–water partition coefficient (Wildman–Crippen LogP) is 4.19. The lowest BCUT2D eigenvalue weighted by Gasteiger charge is -2.15. The number of aromatic nitrogens is 2. The SMILES string of the molecule is COc1ccc(-n2ncc([C@@H](C)NCc3cc(OC)ccc3F)c2C)cc1. The van der Waals surface area contributed by atoms with Crippen molar-refractivity contribution in [1.29, 1.82) is 0 Å². The molecule has 2 aromatic carbocycles. The fraction of sp³-hybridized carbons (Fsp3) is 0.286. The zero-order valence-electron chi connectivity index (χ0n) is 16.0. The monoisotopic (exact) mass is 369 g/mol. The van der Waals surface area contributed by atoms with E-state index >= 15 is 0 Å². The van der Waals surface area contributed by atoms with Gasteiger partial charge in [0.25, 0.3) is 0 Å². The zero-order chi connectivity index (χ0) is 19.4. The Morgan fingerprint density at radius 2 is 1.74 bits per heavy atom. The van der Waals surface area contributed by atoms with E-state index in [0.717, 1.165) is 22.7 Å². The highest BCUT2D eigenvalue weighted by Crippen LogP contribution is 2.23. The smallest absolute Gasteiger partial charge is 0.127 e. The van der Waals surface area contributed by atoms with E-state index in [0.29, 0.717) is 17.9 Å². The average molecular weight is 369 g/mol. The first-order valence-electron chi connectivity index (χ1n) is 8.78. The standard InChI is InChI=1S/C21H24FN3O2/c1-14(23-12-16-11-19(27-4)9-10-21(16)22)20-13-24-25(15(20)2)17-5-7-18(26-3)8-6-17/h5-11,13-14,23H,12H2,1-4H3/t14-/m1/s1. The van der Waals surface area contributed by atoms with Gasteiger partial charge >= 0.3 is 0 Å². The molecule has 1 atom stereocenters. The molecule has 3 aromatic rings. The summed E-state index contributed by atoms with van der Waals surface area (Å²) in [6.45, 7) is 4.47. The van der Waals surface area contributed by atoms with Gasteiger partial charge in [-0.2, -0.15) is 5.10 Å². The van der Waals surface area contributed by atoms with Crippen LogP contribution in [0, 0.1) is 12.7 Å². The molecular weight excluding hydrogens is 345 g/mol. The molecule has 27 heavy (non-hydrogen) atoms. The minimum Gasteiger partial charge on any atom is -0.497 e. The van der Waals surface area contributed by atoms with Crippen molar-refractivity contribution in [2.75, 3.05) is 14.2 Å². The fourth-order valence-electron chi connectivity index (χ4n) is 3.02. The number of ether oxygens (including phenoxy) is 2. The average Bonchev–Trinajstić information content (AvgIpc) is 3.08. The van der Waals surface area contributed by atoms with Gasteiger partial charge in [-0.15, -0.1) is 0 Å². The summed E-state index contributed by atoms with van der Waals surface area (Å²) in [6, 6.07) is 12.5. The van der Waals surface area contributed by atoms with E-state index in [9.17, 15) is 4.39 Å². The van der Waals surface area contributed by atoms with Crippen molar-refractivity contribution in [1.82, 2.24) is 15.1 Å². The second kappa shape index (κ2) is 8.22. The third-order valence-electron chi connectivity index (χ3n) is 4.68. The van der Waals surface area contributed by atoms with E-state index in [1.165, 1.54) is 6.07 Å². The molecule has 6 heteroatoms. The second-order valence-corrected chi connectivity index (χ2v) is 6.36. The number of hydrogen-bond donors (Lipinski definition) is 1. The lowest BCUT2D eigenvalue weighted by molar-refractivity contribution is 0.412. The van der Waals surface area contributed by atoms with Crippen LogP contribution in [0.2, 0.25) is 0 Å². The van der Waals surface area contributed by atoms with Crippen molar-refractivity contribution in [3.05, 3.63) is 71.3 Å². The van der Waals surface area contributed by atoms with Crippen molar-refractivity contribution in [3.8, 4) is 17.2 Å². The molecule has 0 bridgehead atoms. The first-order chi connectivity index (χ1) is 13.0. The Labute approximate surface area is 158 Å². The summed E-state index contributed by atoms with van der Waals surface area (Å²) >= 11 is 0. The van der Waals surface area contributed by atoms with E-state index < -0.39 is 0 Å². The summed E-state index contributed by atoms with van der Waals surface area (Å²) in [6.07, 6.45) is 1.85. The molecule has 0 aliphatic carbocycles. The van der Waals surface area contributed by atoms with Gasteiger partial charge in [0.05, 0.1) is 26.1 Å². The topological polar surface area (TPSA) is 48.3 Å². The summed E-state index contributed by atoms with van der Waals surface area (Å²) < 4.78 is 26.3. The van der Waals surface area contributed by atoms with Crippen LogP contribution in [0.5, 0.6) is 11.5 Å². The van der Waals surface area contributed by atoms with Crippen LogP contribution in [-0.2, 0) is 6.54 Å². The molecule has 0 saturated heterocycles. The van der Waals surface area contributed by atoms with Gasteiger partial charge in [0, 0.05) is 29.4 Å². The molecule has 0 fully saturated rings. The molecule has 1 N–H and O–H groups in total. The minimum absolute atomic E-state index is 0.0163. The van der Waals surface area contributed by atoms with Crippen LogP contribution < -0.4 is 14.8 Å². The van der Waals surface area contributed by atoms with Crippen molar-refractivity contribution in [2.45, 2.75) is 26.4 Å². The Kier molecular flexibility index (Phi) is 5.76. The molecule has 5 nitrogen and oxygen atoms in total. The van der Waals surface area contributed by atoms with Gasteiger partial charge in [-0.3, -0.25) is 0 Å². The van der Waals surface area contributed by atoms with E-state index in [1.807, 2.05) is 49.0 Å². The quantitative estimate of drug-likeness (QED) is 0.678. The lowest BCUT2D eigenvalue weighted by atomic mass is 10.1. The molecule has 0 radical (unpaired) electrons. The molecule has 142 valence electrons. The highest BCUT2D eigenvalue weighted by molar-refractivity contribution is 5.39. The Hall–Kier alpha value is -2.86. The first-order valence-corrected chi connectivity index (χ1v) is 8.78. The van der Waals surface area contributed by atoms with Crippen LogP contribution in [0.1, 0.15) is 29.8 Å². The Morgan fingerprint density at radius 3 is 2.41 bits per heavy atom. The minimum atomic E-state index is -0.249. The molecule has 0 spiro atoms. The van der Waals surface area contributed by atoms with Gasteiger partial charge in [-0.05, 0) is 56.3 Å². The summed E-state index contributed by atoms with van der Waals surface area (Å²) in [4.78, 5) is 0. The molecular formula is C21H24FN3O2. The molecule has 0 saturated carbocycles. The van der Waals surface area contributed by atoms with Crippen molar-refractivity contribution < 1.29 is 13.9 Å². The fourth-order valence-corrected chi connectivity index (χ4v) is 3.02. The van der Waals surface area contributed by atoms with Crippen LogP contribution in [0.4, 0.5) is 4.39 Å². The molecule has 0 unspecified atom stereocenters. The summed E-state index contributed by atoms with van der Waals surface area (Å²) in [5, 5.41) is 7.87. The maximum absolute atomic E-state index is 14.0. The number of rotatable bonds is 7. The van der Waals surface area contributed by atoms with Gasteiger partial charge in [0.1, 0.15) is 17.3 Å². The molecule has 0 aliphatic rings. The van der Waals surface area contributed by atoms with Gasteiger partial charge in [0.2, 0.25) is 0 Å². The van der Waals surface area contributed by atoms with E-state index in [-0.39, 0.29) is 11.9 Å². The van der Waals surface area contributed by atoms with Gasteiger partial charge < -0.3 is 14.8 Å². The highest BCUT2D eigenvalue weighted by atomic mass is 19.1. The van der Waals surface area contributed by atoms with Crippen LogP contribution >= 0.6 is 0 Å².